The molecule has 2 N–H and O–H groups in total. The Hall–Kier alpha value is -2.46. The van der Waals surface area contributed by atoms with Crippen LogP contribution in [-0.2, 0) is 0 Å². The van der Waals surface area contributed by atoms with Crippen molar-refractivity contribution in [3.05, 3.63) is 71.3 Å². The molecule has 0 aliphatic carbocycles. The lowest BCUT2D eigenvalue weighted by Gasteiger charge is -2.17. The number of rotatable bonds is 7. The van der Waals surface area contributed by atoms with Crippen LogP contribution in [0, 0.1) is 0 Å². The van der Waals surface area contributed by atoms with E-state index in [9.17, 15) is 14.7 Å². The molecule has 0 heterocycles. The van der Waals surface area contributed by atoms with E-state index in [-0.39, 0.29) is 18.4 Å². The second-order valence-corrected chi connectivity index (χ2v) is 5.07. The Morgan fingerprint density at radius 1 is 1.09 bits per heavy atom. The van der Waals surface area contributed by atoms with Gasteiger partial charge >= 0.3 is 0 Å². The van der Waals surface area contributed by atoms with Crippen LogP contribution in [0.4, 0.5) is 0 Å². The Morgan fingerprint density at radius 3 is 2.36 bits per heavy atom. The van der Waals surface area contributed by atoms with Gasteiger partial charge in [-0.2, -0.15) is 0 Å². The monoisotopic (exact) mass is 297 g/mol. The van der Waals surface area contributed by atoms with Gasteiger partial charge in [0.05, 0.1) is 0 Å². The Balaban J connectivity index is 1.99. The molecule has 0 saturated heterocycles. The highest BCUT2D eigenvalue weighted by Crippen LogP contribution is 2.18. The molecule has 4 heteroatoms. The SMILES string of the molecule is O=Cc1ccc(C(=O)NCC(CCO)c2ccccc2)cc1. The maximum Gasteiger partial charge on any atom is 0.251 e. The van der Waals surface area contributed by atoms with Crippen molar-refractivity contribution in [2.75, 3.05) is 13.2 Å². The quantitative estimate of drug-likeness (QED) is 0.771. The number of aldehydes is 1. The predicted molar refractivity (Wildman–Crippen MR) is 85.0 cm³/mol. The lowest BCUT2D eigenvalue weighted by molar-refractivity contribution is 0.0948. The number of carbonyl (C=O) groups is 2. The molecule has 4 nitrogen and oxygen atoms in total. The summed E-state index contributed by atoms with van der Waals surface area (Å²) in [7, 11) is 0. The molecular formula is C18H19NO3. The maximum atomic E-state index is 12.1. The molecule has 0 fully saturated rings. The average molecular weight is 297 g/mol. The van der Waals surface area contributed by atoms with E-state index in [1.54, 1.807) is 24.3 Å². The van der Waals surface area contributed by atoms with Gasteiger partial charge in [0, 0.05) is 30.2 Å². The highest BCUT2D eigenvalue weighted by molar-refractivity contribution is 5.94. The fourth-order valence-electron chi connectivity index (χ4n) is 2.30. The molecule has 2 rings (SSSR count). The van der Waals surface area contributed by atoms with Crippen molar-refractivity contribution in [1.82, 2.24) is 5.32 Å². The molecule has 1 unspecified atom stereocenters. The molecular weight excluding hydrogens is 278 g/mol. The van der Waals surface area contributed by atoms with Crippen LogP contribution in [0.25, 0.3) is 0 Å². The summed E-state index contributed by atoms with van der Waals surface area (Å²) in [6, 6.07) is 16.3. The second-order valence-electron chi connectivity index (χ2n) is 5.07. The summed E-state index contributed by atoms with van der Waals surface area (Å²) in [5, 5.41) is 12.1. The Kier molecular flexibility index (Phi) is 5.86. The van der Waals surface area contributed by atoms with Crippen LogP contribution < -0.4 is 5.32 Å². The molecule has 0 aliphatic heterocycles. The van der Waals surface area contributed by atoms with Crippen molar-refractivity contribution in [3.63, 3.8) is 0 Å². The van der Waals surface area contributed by atoms with Crippen LogP contribution in [0.3, 0.4) is 0 Å². The molecule has 0 aromatic heterocycles. The van der Waals surface area contributed by atoms with Crippen LogP contribution in [0.15, 0.2) is 54.6 Å². The van der Waals surface area contributed by atoms with Gasteiger partial charge in [0.25, 0.3) is 5.91 Å². The van der Waals surface area contributed by atoms with Crippen molar-refractivity contribution < 1.29 is 14.7 Å². The first-order valence-corrected chi connectivity index (χ1v) is 7.24. The van der Waals surface area contributed by atoms with Gasteiger partial charge in [-0.15, -0.1) is 0 Å². The first kappa shape index (κ1) is 15.9. The fourth-order valence-corrected chi connectivity index (χ4v) is 2.30. The zero-order valence-corrected chi connectivity index (χ0v) is 12.2. The topological polar surface area (TPSA) is 66.4 Å². The zero-order chi connectivity index (χ0) is 15.8. The molecule has 0 saturated carbocycles. The lowest BCUT2D eigenvalue weighted by Crippen LogP contribution is -2.28. The lowest BCUT2D eigenvalue weighted by atomic mass is 9.96. The van der Waals surface area contributed by atoms with Crippen LogP contribution >= 0.6 is 0 Å². The molecule has 22 heavy (non-hydrogen) atoms. The number of aliphatic hydroxyl groups excluding tert-OH is 1. The molecule has 0 spiro atoms. The van der Waals surface area contributed by atoms with E-state index in [0.717, 1.165) is 11.8 Å². The molecule has 0 bridgehead atoms. The molecule has 1 atom stereocenters. The average Bonchev–Trinajstić information content (AvgIpc) is 2.59. The smallest absolute Gasteiger partial charge is 0.251 e. The highest BCUT2D eigenvalue weighted by atomic mass is 16.3. The molecule has 2 aromatic rings. The standard InChI is InChI=1S/C18H19NO3/c20-11-10-17(15-4-2-1-3-5-15)12-19-18(22)16-8-6-14(13-21)7-9-16/h1-9,13,17,20H,10-12H2,(H,19,22). The van der Waals surface area contributed by atoms with E-state index >= 15 is 0 Å². The van der Waals surface area contributed by atoms with Crippen molar-refractivity contribution in [1.29, 1.82) is 0 Å². The minimum atomic E-state index is -0.184. The van der Waals surface area contributed by atoms with E-state index < -0.39 is 0 Å². The number of benzene rings is 2. The first-order valence-electron chi connectivity index (χ1n) is 7.24. The first-order chi connectivity index (χ1) is 10.7. The minimum absolute atomic E-state index is 0.0729. The number of nitrogens with one attached hydrogen (secondary N) is 1. The van der Waals surface area contributed by atoms with E-state index in [4.69, 9.17) is 0 Å². The zero-order valence-electron chi connectivity index (χ0n) is 12.2. The molecule has 0 radical (unpaired) electrons. The van der Waals surface area contributed by atoms with E-state index in [1.165, 1.54) is 0 Å². The summed E-state index contributed by atoms with van der Waals surface area (Å²) in [6.45, 7) is 0.530. The Bertz CT molecular complexity index is 608. The van der Waals surface area contributed by atoms with Gasteiger partial charge in [0.15, 0.2) is 0 Å². The molecule has 0 aliphatic rings. The third kappa shape index (κ3) is 4.27. The molecule has 2 aromatic carbocycles. The van der Waals surface area contributed by atoms with Crippen molar-refractivity contribution in [2.24, 2.45) is 0 Å². The summed E-state index contributed by atoms with van der Waals surface area (Å²) >= 11 is 0. The van der Waals surface area contributed by atoms with Gasteiger partial charge < -0.3 is 10.4 Å². The fraction of sp³-hybridized carbons (Fsp3) is 0.222. The van der Waals surface area contributed by atoms with Crippen molar-refractivity contribution in [2.45, 2.75) is 12.3 Å². The van der Waals surface area contributed by atoms with E-state index in [1.807, 2.05) is 30.3 Å². The van der Waals surface area contributed by atoms with Gasteiger partial charge in [-0.05, 0) is 24.1 Å². The van der Waals surface area contributed by atoms with Gasteiger partial charge in [-0.25, -0.2) is 0 Å². The van der Waals surface area contributed by atoms with Crippen LogP contribution in [-0.4, -0.2) is 30.5 Å². The van der Waals surface area contributed by atoms with Gasteiger partial charge in [0.1, 0.15) is 6.29 Å². The minimum Gasteiger partial charge on any atom is -0.396 e. The molecule has 114 valence electrons. The van der Waals surface area contributed by atoms with Gasteiger partial charge in [0.2, 0.25) is 0 Å². The van der Waals surface area contributed by atoms with E-state index in [0.29, 0.717) is 24.1 Å². The third-order valence-electron chi connectivity index (χ3n) is 3.57. The van der Waals surface area contributed by atoms with Gasteiger partial charge in [-0.3, -0.25) is 9.59 Å². The van der Waals surface area contributed by atoms with Crippen molar-refractivity contribution in [3.8, 4) is 0 Å². The summed E-state index contributed by atoms with van der Waals surface area (Å²) in [5.41, 5.74) is 2.15. The summed E-state index contributed by atoms with van der Waals surface area (Å²) in [4.78, 5) is 22.7. The van der Waals surface area contributed by atoms with Crippen LogP contribution in [0.2, 0.25) is 0 Å². The Morgan fingerprint density at radius 2 is 1.77 bits per heavy atom. The third-order valence-corrected chi connectivity index (χ3v) is 3.57. The number of carbonyl (C=O) groups excluding carboxylic acids is 2. The normalized spacial score (nSPS) is 11.7. The second kappa shape index (κ2) is 8.10. The van der Waals surface area contributed by atoms with E-state index in [2.05, 4.69) is 5.32 Å². The summed E-state index contributed by atoms with van der Waals surface area (Å²) in [5.74, 6) is -0.110. The Labute approximate surface area is 129 Å². The number of hydrogen-bond donors (Lipinski definition) is 2. The number of amides is 1. The van der Waals surface area contributed by atoms with Crippen LogP contribution in [0.5, 0.6) is 0 Å². The maximum absolute atomic E-state index is 12.1. The predicted octanol–water partition coefficient (Wildman–Crippen LogP) is 2.40. The van der Waals surface area contributed by atoms with Crippen LogP contribution in [0.1, 0.15) is 38.6 Å². The number of aliphatic hydroxyl groups is 1. The largest absolute Gasteiger partial charge is 0.396 e. The van der Waals surface area contributed by atoms with Crippen molar-refractivity contribution >= 4 is 12.2 Å². The molecule has 1 amide bonds. The van der Waals surface area contributed by atoms with Gasteiger partial charge in [-0.1, -0.05) is 42.5 Å². The highest BCUT2D eigenvalue weighted by Gasteiger charge is 2.13. The summed E-state index contributed by atoms with van der Waals surface area (Å²) < 4.78 is 0. The summed E-state index contributed by atoms with van der Waals surface area (Å²) in [6.07, 6.45) is 1.34. The number of hydrogen-bond acceptors (Lipinski definition) is 3.